The normalized spacial score (nSPS) is 12.9. The lowest BCUT2D eigenvalue weighted by molar-refractivity contribution is 0.0980. The highest BCUT2D eigenvalue weighted by Crippen LogP contribution is 2.42. The molecule has 268 valence electrons. The first-order valence-corrected chi connectivity index (χ1v) is 18.6. The van der Waals surface area contributed by atoms with Gasteiger partial charge in [0.05, 0.1) is 41.0 Å². The summed E-state index contributed by atoms with van der Waals surface area (Å²) in [4.78, 5) is 37.0. The summed E-state index contributed by atoms with van der Waals surface area (Å²) in [6, 6.07) is 14.1. The highest BCUT2D eigenvalue weighted by Gasteiger charge is 2.38. The molecule has 1 aromatic heterocycles. The molecule has 0 fully saturated rings. The molecule has 0 unspecified atom stereocenters. The van der Waals surface area contributed by atoms with Crippen molar-refractivity contribution in [2.45, 2.75) is 14.7 Å². The Balaban J connectivity index is 1.52. The van der Waals surface area contributed by atoms with E-state index in [1.54, 1.807) is 0 Å². The van der Waals surface area contributed by atoms with Gasteiger partial charge in [-0.3, -0.25) is 28.3 Å². The summed E-state index contributed by atoms with van der Waals surface area (Å²) >= 11 is 0. The standard InChI is InChI=1S/C30H23N7O12S3/c1-49-30-35-28(34-29(36-30)33-18-8-4-5-9-20(18)50(40,41)42)17-11-10-14(12-21(17)51(43,44)45)37(32)19-13-22(52(46,47)48)25(31)24-23(19)26(38)15-6-2-3-7-16(15)27(24)39/h2-13H,31-32H2,1H3,(H,40,41,42)(H,43,44,45)(H,46,47,48)(H,33,34,35,36). The number of para-hydroxylation sites is 1. The van der Waals surface area contributed by atoms with Crippen LogP contribution in [0.3, 0.4) is 0 Å². The predicted octanol–water partition coefficient (Wildman–Crippen LogP) is 2.40. The fourth-order valence-corrected chi connectivity index (χ4v) is 7.41. The third-order valence-electron chi connectivity index (χ3n) is 7.69. The van der Waals surface area contributed by atoms with E-state index in [4.69, 9.17) is 16.3 Å². The van der Waals surface area contributed by atoms with Gasteiger partial charge in [0, 0.05) is 16.7 Å². The molecule has 8 N–H and O–H groups in total. The maximum Gasteiger partial charge on any atom is 0.321 e. The van der Waals surface area contributed by atoms with Crippen LogP contribution in [0.5, 0.6) is 6.01 Å². The zero-order valence-electron chi connectivity index (χ0n) is 26.1. The number of ketones is 2. The lowest BCUT2D eigenvalue weighted by Crippen LogP contribution is -2.32. The zero-order chi connectivity index (χ0) is 37.9. The first-order chi connectivity index (χ1) is 24.3. The van der Waals surface area contributed by atoms with Crippen molar-refractivity contribution in [1.82, 2.24) is 15.0 Å². The van der Waals surface area contributed by atoms with Gasteiger partial charge in [-0.25, -0.2) is 5.84 Å². The Hall–Kier alpha value is -5.88. The third-order valence-corrected chi connectivity index (χ3v) is 10.4. The van der Waals surface area contributed by atoms with Crippen LogP contribution in [0.1, 0.15) is 31.8 Å². The number of hydrogen-bond acceptors (Lipinski definition) is 16. The van der Waals surface area contributed by atoms with Gasteiger partial charge >= 0.3 is 6.01 Å². The topological polar surface area (TPSA) is 312 Å². The van der Waals surface area contributed by atoms with E-state index in [1.165, 1.54) is 42.5 Å². The summed E-state index contributed by atoms with van der Waals surface area (Å²) in [7, 11) is -13.9. The Morgan fingerprint density at radius 1 is 0.692 bits per heavy atom. The number of nitrogens with one attached hydrogen (secondary N) is 1. The highest BCUT2D eigenvalue weighted by atomic mass is 32.2. The van der Waals surface area contributed by atoms with E-state index in [2.05, 4.69) is 20.3 Å². The van der Waals surface area contributed by atoms with Crippen molar-refractivity contribution in [2.24, 2.45) is 5.84 Å². The van der Waals surface area contributed by atoms with Gasteiger partial charge in [0.15, 0.2) is 17.4 Å². The average Bonchev–Trinajstić information content (AvgIpc) is 3.08. The number of methoxy groups -OCH3 is 1. The summed E-state index contributed by atoms with van der Waals surface area (Å²) in [6.07, 6.45) is 0. The molecule has 0 spiro atoms. The fraction of sp³-hybridized carbons (Fsp3) is 0.0333. The molecule has 5 aromatic rings. The molecule has 6 rings (SSSR count). The van der Waals surface area contributed by atoms with Crippen LogP contribution in [0.2, 0.25) is 0 Å². The van der Waals surface area contributed by atoms with E-state index < -0.39 is 96.9 Å². The van der Waals surface area contributed by atoms with Crippen LogP contribution in [0, 0.1) is 0 Å². The minimum atomic E-state index is -5.19. The first-order valence-electron chi connectivity index (χ1n) is 14.2. The van der Waals surface area contributed by atoms with Crippen molar-refractivity contribution in [3.05, 3.63) is 95.1 Å². The molecular weight excluding hydrogens is 747 g/mol. The second-order valence-electron chi connectivity index (χ2n) is 10.8. The molecule has 19 nitrogen and oxygen atoms in total. The van der Waals surface area contributed by atoms with E-state index in [0.717, 1.165) is 37.4 Å². The number of aromatic nitrogens is 3. The fourth-order valence-electron chi connectivity index (χ4n) is 5.42. The average molecular weight is 770 g/mol. The van der Waals surface area contributed by atoms with Crippen molar-refractivity contribution < 1.29 is 53.2 Å². The molecule has 0 aliphatic heterocycles. The molecule has 1 heterocycles. The Bertz CT molecular complexity index is 2710. The number of nitrogens with zero attached hydrogens (tertiary/aromatic N) is 4. The number of hydrazine groups is 1. The number of rotatable bonds is 9. The second kappa shape index (κ2) is 12.7. The van der Waals surface area contributed by atoms with E-state index in [1.807, 2.05) is 0 Å². The predicted molar refractivity (Wildman–Crippen MR) is 181 cm³/mol. The molecule has 0 amide bonds. The molecule has 0 saturated heterocycles. The van der Waals surface area contributed by atoms with Gasteiger partial charge < -0.3 is 15.8 Å². The van der Waals surface area contributed by atoms with Gasteiger partial charge in [0.2, 0.25) is 5.95 Å². The summed E-state index contributed by atoms with van der Waals surface area (Å²) in [5.74, 6) is 3.87. The number of hydrogen-bond donors (Lipinski definition) is 6. The Morgan fingerprint density at radius 3 is 1.87 bits per heavy atom. The minimum Gasteiger partial charge on any atom is -0.467 e. The number of carbonyl (C=O) groups is 2. The number of nitrogens with two attached hydrogens (primary N) is 2. The van der Waals surface area contributed by atoms with Crippen molar-refractivity contribution in [3.8, 4) is 17.4 Å². The van der Waals surface area contributed by atoms with Crippen LogP contribution in [0.25, 0.3) is 11.4 Å². The number of benzene rings is 4. The van der Waals surface area contributed by atoms with Crippen LogP contribution in [0.15, 0.2) is 87.5 Å². The maximum atomic E-state index is 13.8. The van der Waals surface area contributed by atoms with Gasteiger partial charge in [-0.1, -0.05) is 36.4 Å². The molecule has 0 radical (unpaired) electrons. The third kappa shape index (κ3) is 6.41. The SMILES string of the molecule is COc1nc(Nc2ccccc2S(=O)(=O)O)nc(-c2ccc(N(N)c3cc(S(=O)(=O)O)c(N)c4c3C(=O)c3ccccc3C4=O)cc2S(=O)(=O)O)n1. The quantitative estimate of drug-likeness (QED) is 0.0532. The van der Waals surface area contributed by atoms with Gasteiger partial charge in [-0.2, -0.15) is 40.2 Å². The first kappa shape index (κ1) is 35.9. The molecule has 4 aromatic carbocycles. The van der Waals surface area contributed by atoms with E-state index in [-0.39, 0.29) is 28.1 Å². The van der Waals surface area contributed by atoms with Crippen molar-refractivity contribution in [2.75, 3.05) is 23.2 Å². The summed E-state index contributed by atoms with van der Waals surface area (Å²) in [5, 5.41) is 3.21. The number of fused-ring (bicyclic) bond motifs is 2. The lowest BCUT2D eigenvalue weighted by Gasteiger charge is -2.28. The second-order valence-corrected chi connectivity index (χ2v) is 15.0. The van der Waals surface area contributed by atoms with Gasteiger partial charge in [-0.15, -0.1) is 0 Å². The number of anilines is 5. The number of nitrogen functional groups attached to an aromatic ring is 1. The van der Waals surface area contributed by atoms with E-state index in [9.17, 15) is 48.5 Å². The van der Waals surface area contributed by atoms with Crippen LogP contribution in [0.4, 0.5) is 28.7 Å². The van der Waals surface area contributed by atoms with Crippen molar-refractivity contribution in [1.29, 1.82) is 0 Å². The molecule has 0 bridgehead atoms. The van der Waals surface area contributed by atoms with Crippen molar-refractivity contribution in [3.63, 3.8) is 0 Å². The molecule has 0 atom stereocenters. The van der Waals surface area contributed by atoms with Crippen LogP contribution in [-0.4, -0.2) is 72.5 Å². The van der Waals surface area contributed by atoms with Crippen LogP contribution in [-0.2, 0) is 30.4 Å². The monoisotopic (exact) mass is 769 g/mol. The Morgan fingerprint density at radius 2 is 1.27 bits per heavy atom. The van der Waals surface area contributed by atoms with E-state index >= 15 is 0 Å². The Labute approximate surface area is 294 Å². The highest BCUT2D eigenvalue weighted by molar-refractivity contribution is 7.86. The maximum absolute atomic E-state index is 13.8. The summed E-state index contributed by atoms with van der Waals surface area (Å²) < 4.78 is 109. The number of ether oxygens (including phenoxy) is 1. The summed E-state index contributed by atoms with van der Waals surface area (Å²) in [6.45, 7) is 0. The van der Waals surface area contributed by atoms with Gasteiger partial charge in [0.1, 0.15) is 14.7 Å². The van der Waals surface area contributed by atoms with Gasteiger partial charge in [-0.05, 0) is 36.4 Å². The lowest BCUT2D eigenvalue weighted by atomic mass is 9.82. The summed E-state index contributed by atoms with van der Waals surface area (Å²) in [5.41, 5.74) is 2.70. The molecular formula is C30H23N7O12S3. The molecule has 0 saturated carbocycles. The van der Waals surface area contributed by atoms with Crippen LogP contribution < -0.4 is 26.6 Å². The van der Waals surface area contributed by atoms with Crippen LogP contribution >= 0.6 is 0 Å². The Kier molecular flexibility index (Phi) is 8.78. The van der Waals surface area contributed by atoms with E-state index in [0.29, 0.717) is 5.01 Å². The molecule has 1 aliphatic rings. The zero-order valence-corrected chi connectivity index (χ0v) is 28.6. The molecule has 52 heavy (non-hydrogen) atoms. The largest absolute Gasteiger partial charge is 0.467 e. The number of carbonyl (C=O) groups excluding carboxylic acids is 2. The molecule has 22 heteroatoms. The smallest absolute Gasteiger partial charge is 0.321 e. The minimum absolute atomic E-state index is 0.0740. The molecule has 1 aliphatic carbocycles. The van der Waals surface area contributed by atoms with Gasteiger partial charge in [0.25, 0.3) is 30.4 Å². The van der Waals surface area contributed by atoms with Crippen molar-refractivity contribution >= 4 is 70.6 Å².